The molecule has 0 aliphatic carbocycles. The lowest BCUT2D eigenvalue weighted by molar-refractivity contribution is -0.124. The van der Waals surface area contributed by atoms with Crippen LogP contribution in [0.4, 0.5) is 0 Å². The largest absolute Gasteiger partial charge is 0.355 e. The second-order valence-corrected chi connectivity index (χ2v) is 5.29. The van der Waals surface area contributed by atoms with Gasteiger partial charge in [0.25, 0.3) is 0 Å². The number of pyridine rings is 1. The van der Waals surface area contributed by atoms with E-state index in [-0.39, 0.29) is 11.8 Å². The van der Waals surface area contributed by atoms with E-state index < -0.39 is 0 Å². The number of hydrogen-bond donors (Lipinski definition) is 1. The number of nitrogens with one attached hydrogen (secondary N) is 1. The summed E-state index contributed by atoms with van der Waals surface area (Å²) < 4.78 is 6.80. The normalized spacial score (nSPS) is 12.0. The van der Waals surface area contributed by atoms with Gasteiger partial charge in [0.05, 0.1) is 12.5 Å². The van der Waals surface area contributed by atoms with Gasteiger partial charge in [-0.25, -0.2) is 4.98 Å². The van der Waals surface area contributed by atoms with Crippen LogP contribution in [0.5, 0.6) is 0 Å². The van der Waals surface area contributed by atoms with E-state index in [9.17, 15) is 4.79 Å². The fourth-order valence-corrected chi connectivity index (χ4v) is 2.11. The van der Waals surface area contributed by atoms with Crippen molar-refractivity contribution in [1.29, 1.82) is 0 Å². The van der Waals surface area contributed by atoms with Crippen LogP contribution in [-0.4, -0.2) is 42.3 Å². The predicted molar refractivity (Wildman–Crippen MR) is 83.4 cm³/mol. The number of nitrogens with zero attached hydrogens (tertiary/aromatic N) is 6. The Hall–Kier alpha value is -3.10. The zero-order chi connectivity index (χ0) is 16.8. The van der Waals surface area contributed by atoms with Crippen LogP contribution in [0.2, 0.25) is 0 Å². The summed E-state index contributed by atoms with van der Waals surface area (Å²) in [6, 6.07) is 5.48. The quantitative estimate of drug-likeness (QED) is 0.680. The van der Waals surface area contributed by atoms with Gasteiger partial charge in [-0.05, 0) is 12.1 Å². The second-order valence-electron chi connectivity index (χ2n) is 5.29. The lowest BCUT2D eigenvalue weighted by atomic mass is 10.1. The van der Waals surface area contributed by atoms with E-state index in [4.69, 9.17) is 4.52 Å². The van der Waals surface area contributed by atoms with Gasteiger partial charge in [-0.2, -0.15) is 10.1 Å². The molecule has 0 aliphatic heterocycles. The first kappa shape index (κ1) is 15.8. The average Bonchev–Trinajstić information content (AvgIpc) is 3.27. The molecule has 0 saturated carbocycles. The molecule has 24 heavy (non-hydrogen) atoms. The lowest BCUT2D eigenvalue weighted by Gasteiger charge is -2.11. The van der Waals surface area contributed by atoms with Crippen molar-refractivity contribution in [2.24, 2.45) is 5.92 Å². The van der Waals surface area contributed by atoms with Crippen LogP contribution in [0.25, 0.3) is 11.5 Å². The first-order chi connectivity index (χ1) is 11.7. The predicted octanol–water partition coefficient (Wildman–Crippen LogP) is 0.718. The highest BCUT2D eigenvalue weighted by Gasteiger charge is 2.14. The Morgan fingerprint density at radius 2 is 2.33 bits per heavy atom. The maximum absolute atomic E-state index is 12.0. The smallest absolute Gasteiger partial charge is 0.228 e. The van der Waals surface area contributed by atoms with E-state index >= 15 is 0 Å². The Labute approximate surface area is 138 Å². The summed E-state index contributed by atoms with van der Waals surface area (Å²) in [7, 11) is 0. The Morgan fingerprint density at radius 1 is 1.42 bits per heavy atom. The third kappa shape index (κ3) is 4.00. The number of amides is 1. The molecule has 0 unspecified atom stereocenters. The molecule has 3 rings (SSSR count). The van der Waals surface area contributed by atoms with Gasteiger partial charge in [-0.3, -0.25) is 14.5 Å². The molecular weight excluding hydrogens is 310 g/mol. The zero-order valence-electron chi connectivity index (χ0n) is 13.2. The fraction of sp³-hybridized carbons (Fsp3) is 0.333. The van der Waals surface area contributed by atoms with E-state index in [1.54, 1.807) is 17.2 Å². The van der Waals surface area contributed by atoms with E-state index in [0.29, 0.717) is 36.9 Å². The first-order valence-electron chi connectivity index (χ1n) is 7.56. The molecule has 1 atom stereocenters. The molecule has 3 aromatic heterocycles. The summed E-state index contributed by atoms with van der Waals surface area (Å²) in [5.74, 6) is 0.629. The van der Waals surface area contributed by atoms with Crippen molar-refractivity contribution in [3.05, 3.63) is 42.9 Å². The number of aromatic nitrogens is 6. The highest BCUT2D eigenvalue weighted by atomic mass is 16.5. The minimum absolute atomic E-state index is 0.0602. The van der Waals surface area contributed by atoms with Gasteiger partial charge in [0.2, 0.25) is 17.6 Å². The molecule has 124 valence electrons. The third-order valence-corrected chi connectivity index (χ3v) is 3.38. The molecule has 9 nitrogen and oxygen atoms in total. The van der Waals surface area contributed by atoms with Crippen molar-refractivity contribution in [3.8, 4) is 11.5 Å². The summed E-state index contributed by atoms with van der Waals surface area (Å²) in [5.41, 5.74) is 0.651. The summed E-state index contributed by atoms with van der Waals surface area (Å²) in [4.78, 5) is 24.3. The van der Waals surface area contributed by atoms with Crippen LogP contribution in [0.3, 0.4) is 0 Å². The highest BCUT2D eigenvalue weighted by Crippen LogP contribution is 2.11. The van der Waals surface area contributed by atoms with E-state index in [0.717, 1.165) is 0 Å². The maximum atomic E-state index is 12.0. The molecule has 0 spiro atoms. The SMILES string of the molecule is C[C@H](Cn1cncn1)C(=O)NCCc1nc(-c2ccccn2)no1. The molecule has 1 N–H and O–H groups in total. The Morgan fingerprint density at radius 3 is 3.08 bits per heavy atom. The van der Waals surface area contributed by atoms with Crippen molar-refractivity contribution in [3.63, 3.8) is 0 Å². The Balaban J connectivity index is 1.46. The van der Waals surface area contributed by atoms with Crippen molar-refractivity contribution in [1.82, 2.24) is 35.2 Å². The Kier molecular flexibility index (Phi) is 4.90. The molecule has 0 saturated heterocycles. The van der Waals surface area contributed by atoms with Gasteiger partial charge >= 0.3 is 0 Å². The standard InChI is InChI=1S/C15H17N7O2/c1-11(8-22-10-16-9-19-22)15(23)18-7-5-13-20-14(21-24-13)12-4-2-3-6-17-12/h2-4,6,9-11H,5,7-8H2,1H3,(H,18,23)/t11-/m1/s1. The van der Waals surface area contributed by atoms with Gasteiger partial charge in [0, 0.05) is 19.2 Å². The number of carbonyl (C=O) groups excluding carboxylic acids is 1. The van der Waals surface area contributed by atoms with E-state index in [2.05, 4.69) is 30.5 Å². The number of hydrogen-bond acceptors (Lipinski definition) is 7. The van der Waals surface area contributed by atoms with Crippen LogP contribution < -0.4 is 5.32 Å². The van der Waals surface area contributed by atoms with Gasteiger partial charge in [-0.15, -0.1) is 0 Å². The summed E-state index contributed by atoms with van der Waals surface area (Å²) in [6.45, 7) is 2.74. The molecule has 0 fully saturated rings. The van der Waals surface area contributed by atoms with Crippen LogP contribution in [-0.2, 0) is 17.8 Å². The van der Waals surface area contributed by atoms with Gasteiger partial charge < -0.3 is 9.84 Å². The monoisotopic (exact) mass is 327 g/mol. The number of carbonyl (C=O) groups is 1. The molecule has 1 amide bonds. The molecule has 9 heteroatoms. The van der Waals surface area contributed by atoms with Gasteiger partial charge in [0.1, 0.15) is 18.3 Å². The molecule has 0 radical (unpaired) electrons. The minimum atomic E-state index is -0.210. The highest BCUT2D eigenvalue weighted by molar-refractivity contribution is 5.78. The molecule has 0 aromatic carbocycles. The molecular formula is C15H17N7O2. The maximum Gasteiger partial charge on any atom is 0.228 e. The van der Waals surface area contributed by atoms with E-state index in [1.165, 1.54) is 6.33 Å². The second kappa shape index (κ2) is 7.44. The Bertz CT molecular complexity index is 770. The van der Waals surface area contributed by atoms with Crippen LogP contribution >= 0.6 is 0 Å². The minimum Gasteiger partial charge on any atom is -0.355 e. The summed E-state index contributed by atoms with van der Waals surface area (Å²) >= 11 is 0. The van der Waals surface area contributed by atoms with Gasteiger partial charge in [-0.1, -0.05) is 18.1 Å². The van der Waals surface area contributed by atoms with Crippen molar-refractivity contribution >= 4 is 5.91 Å². The van der Waals surface area contributed by atoms with Crippen molar-refractivity contribution in [2.75, 3.05) is 6.54 Å². The molecule has 0 bridgehead atoms. The molecule has 3 aromatic rings. The zero-order valence-corrected chi connectivity index (χ0v) is 13.2. The van der Waals surface area contributed by atoms with Crippen LogP contribution in [0.1, 0.15) is 12.8 Å². The molecule has 0 aliphatic rings. The molecule has 3 heterocycles. The lowest BCUT2D eigenvalue weighted by Crippen LogP contribution is -2.33. The topological polar surface area (TPSA) is 112 Å². The van der Waals surface area contributed by atoms with Crippen LogP contribution in [0, 0.1) is 5.92 Å². The number of rotatable bonds is 7. The summed E-state index contributed by atoms with van der Waals surface area (Å²) in [5, 5.41) is 10.7. The van der Waals surface area contributed by atoms with E-state index in [1.807, 2.05) is 25.1 Å². The first-order valence-corrected chi connectivity index (χ1v) is 7.56. The average molecular weight is 327 g/mol. The van der Waals surface area contributed by atoms with Crippen molar-refractivity contribution < 1.29 is 9.32 Å². The van der Waals surface area contributed by atoms with Gasteiger partial charge in [0.15, 0.2) is 0 Å². The van der Waals surface area contributed by atoms with Crippen molar-refractivity contribution in [2.45, 2.75) is 19.9 Å². The van der Waals surface area contributed by atoms with Crippen LogP contribution in [0.15, 0.2) is 41.6 Å². The fourth-order valence-electron chi connectivity index (χ4n) is 2.11. The third-order valence-electron chi connectivity index (χ3n) is 3.38. The summed E-state index contributed by atoms with van der Waals surface area (Å²) in [6.07, 6.45) is 5.16.